The lowest BCUT2D eigenvalue weighted by atomic mass is 9.99. The fourth-order valence-corrected chi connectivity index (χ4v) is 2.77. The van der Waals surface area contributed by atoms with Crippen LogP contribution >= 0.6 is 0 Å². The third kappa shape index (κ3) is 3.31. The minimum absolute atomic E-state index is 0.0158. The molecule has 0 saturated carbocycles. The van der Waals surface area contributed by atoms with Crippen molar-refractivity contribution in [2.45, 2.75) is 57.7 Å². The molecule has 0 bridgehead atoms. The highest BCUT2D eigenvalue weighted by molar-refractivity contribution is 5.28. The first-order valence-electron chi connectivity index (χ1n) is 7.36. The lowest BCUT2D eigenvalue weighted by Crippen LogP contribution is -2.34. The zero-order valence-corrected chi connectivity index (χ0v) is 12.6. The molecule has 1 aliphatic rings. The van der Waals surface area contributed by atoms with Crippen LogP contribution in [0.5, 0.6) is 5.75 Å². The molecule has 2 atom stereocenters. The number of methoxy groups -OCH3 is 1. The van der Waals surface area contributed by atoms with Gasteiger partial charge in [0.2, 0.25) is 0 Å². The van der Waals surface area contributed by atoms with E-state index in [0.717, 1.165) is 37.3 Å². The molecular weight excluding hydrogens is 256 g/mol. The Kier molecular flexibility index (Phi) is 5.39. The largest absolute Gasteiger partial charge is 0.493 e. The highest BCUT2D eigenvalue weighted by atomic mass is 16.5. The summed E-state index contributed by atoms with van der Waals surface area (Å²) < 4.78 is 13.2. The second-order valence-corrected chi connectivity index (χ2v) is 5.58. The second-order valence-electron chi connectivity index (χ2n) is 5.58. The van der Waals surface area contributed by atoms with Crippen molar-refractivity contribution in [1.29, 1.82) is 0 Å². The van der Waals surface area contributed by atoms with Crippen molar-refractivity contribution in [2.75, 3.05) is 13.7 Å². The molecule has 0 radical (unpaired) electrons. The molecule has 2 rings (SSSR count). The van der Waals surface area contributed by atoms with Gasteiger partial charge in [0.25, 0.3) is 0 Å². The van der Waals surface area contributed by atoms with E-state index in [9.17, 15) is 0 Å². The number of hydrogen-bond acceptors (Lipinski definition) is 5. The minimum atomic E-state index is -0.0158. The van der Waals surface area contributed by atoms with Gasteiger partial charge in [0.15, 0.2) is 5.75 Å². The molecule has 0 amide bonds. The van der Waals surface area contributed by atoms with Crippen molar-refractivity contribution in [3.8, 4) is 5.75 Å². The summed E-state index contributed by atoms with van der Waals surface area (Å²) in [5, 5.41) is 4.40. The van der Waals surface area contributed by atoms with Crippen molar-refractivity contribution in [1.82, 2.24) is 15.2 Å². The Morgan fingerprint density at radius 1 is 1.55 bits per heavy atom. The number of nitrogens with two attached hydrogens (primary N) is 1. The van der Waals surface area contributed by atoms with Crippen LogP contribution in [0.25, 0.3) is 0 Å². The molecule has 2 unspecified atom stereocenters. The summed E-state index contributed by atoms with van der Waals surface area (Å²) in [6.45, 7) is 5.05. The van der Waals surface area contributed by atoms with Gasteiger partial charge in [-0.15, -0.1) is 0 Å². The van der Waals surface area contributed by atoms with Gasteiger partial charge in [-0.1, -0.05) is 0 Å². The monoisotopic (exact) mass is 282 g/mol. The molecule has 114 valence electrons. The molecule has 1 aromatic rings. The molecule has 2 heterocycles. The molecule has 6 nitrogen and oxygen atoms in total. The molecule has 20 heavy (non-hydrogen) atoms. The van der Waals surface area contributed by atoms with Crippen LogP contribution < -0.4 is 16.0 Å². The first kappa shape index (κ1) is 15.3. The van der Waals surface area contributed by atoms with Crippen molar-refractivity contribution in [3.05, 3.63) is 11.9 Å². The highest BCUT2D eigenvalue weighted by Gasteiger charge is 2.26. The third-order valence-corrected chi connectivity index (χ3v) is 3.81. The molecule has 0 aromatic carbocycles. The van der Waals surface area contributed by atoms with Gasteiger partial charge in [-0.25, -0.2) is 0 Å². The zero-order chi connectivity index (χ0) is 14.5. The van der Waals surface area contributed by atoms with E-state index < -0.39 is 0 Å². The van der Waals surface area contributed by atoms with Crippen LogP contribution in [0, 0.1) is 0 Å². The summed E-state index contributed by atoms with van der Waals surface area (Å²) in [5.41, 5.74) is 3.90. The van der Waals surface area contributed by atoms with Crippen LogP contribution in [0.2, 0.25) is 0 Å². The SMILES string of the molecule is COc1cnn(C(C)C)c1C(CC1CCCCO1)NN. The Labute approximate surface area is 120 Å². The average molecular weight is 282 g/mol. The second kappa shape index (κ2) is 7.06. The molecule has 0 aliphatic carbocycles. The first-order valence-corrected chi connectivity index (χ1v) is 7.36. The van der Waals surface area contributed by atoms with Crippen molar-refractivity contribution in [2.24, 2.45) is 5.84 Å². The fraction of sp³-hybridized carbons (Fsp3) is 0.786. The Hall–Kier alpha value is -1.11. The molecule has 1 aromatic heterocycles. The van der Waals surface area contributed by atoms with Crippen LogP contribution in [0.3, 0.4) is 0 Å². The minimum Gasteiger partial charge on any atom is -0.493 e. The number of nitrogens with zero attached hydrogens (tertiary/aromatic N) is 2. The van der Waals surface area contributed by atoms with Gasteiger partial charge >= 0.3 is 0 Å². The standard InChI is InChI=1S/C14H26N4O2/c1-10(2)18-14(13(19-3)9-16-18)12(17-15)8-11-6-4-5-7-20-11/h9-12,17H,4-8,15H2,1-3H3. The van der Waals surface area contributed by atoms with E-state index in [0.29, 0.717) is 0 Å². The van der Waals surface area contributed by atoms with Crippen molar-refractivity contribution < 1.29 is 9.47 Å². The van der Waals surface area contributed by atoms with Crippen LogP contribution in [-0.4, -0.2) is 29.6 Å². The molecule has 0 spiro atoms. The number of hydrazine groups is 1. The highest BCUT2D eigenvalue weighted by Crippen LogP contribution is 2.31. The van der Waals surface area contributed by atoms with Crippen LogP contribution in [-0.2, 0) is 4.74 Å². The lowest BCUT2D eigenvalue weighted by Gasteiger charge is -2.28. The van der Waals surface area contributed by atoms with Gasteiger partial charge in [-0.3, -0.25) is 16.0 Å². The Bertz CT molecular complexity index is 413. The number of rotatable bonds is 6. The van der Waals surface area contributed by atoms with Crippen molar-refractivity contribution in [3.63, 3.8) is 0 Å². The van der Waals surface area contributed by atoms with E-state index in [1.54, 1.807) is 13.3 Å². The van der Waals surface area contributed by atoms with Gasteiger partial charge < -0.3 is 9.47 Å². The summed E-state index contributed by atoms with van der Waals surface area (Å²) in [4.78, 5) is 0. The lowest BCUT2D eigenvalue weighted by molar-refractivity contribution is 0.00430. The molecule has 1 saturated heterocycles. The van der Waals surface area contributed by atoms with Gasteiger partial charge in [0.05, 0.1) is 31.1 Å². The molecular formula is C14H26N4O2. The predicted molar refractivity (Wildman–Crippen MR) is 77.4 cm³/mol. The van der Waals surface area contributed by atoms with Crippen LogP contribution in [0.15, 0.2) is 6.20 Å². The number of nitrogens with one attached hydrogen (secondary N) is 1. The summed E-state index contributed by atoms with van der Waals surface area (Å²) in [6.07, 6.45) is 6.32. The zero-order valence-electron chi connectivity index (χ0n) is 12.6. The van der Waals surface area contributed by atoms with Gasteiger partial charge in [-0.2, -0.15) is 5.10 Å². The topological polar surface area (TPSA) is 74.3 Å². The van der Waals surface area contributed by atoms with E-state index in [-0.39, 0.29) is 18.2 Å². The van der Waals surface area contributed by atoms with E-state index in [1.165, 1.54) is 6.42 Å². The average Bonchev–Trinajstić information content (AvgIpc) is 2.89. The van der Waals surface area contributed by atoms with E-state index in [1.807, 2.05) is 4.68 Å². The van der Waals surface area contributed by atoms with Crippen LogP contribution in [0.4, 0.5) is 0 Å². The number of hydrogen-bond donors (Lipinski definition) is 2. The molecule has 1 fully saturated rings. The normalized spacial score (nSPS) is 21.1. The van der Waals surface area contributed by atoms with Gasteiger partial charge in [0, 0.05) is 12.6 Å². The van der Waals surface area contributed by atoms with Crippen molar-refractivity contribution >= 4 is 0 Å². The summed E-state index contributed by atoms with van der Waals surface area (Å²) in [5.74, 6) is 6.55. The Morgan fingerprint density at radius 3 is 2.90 bits per heavy atom. The van der Waals surface area contributed by atoms with E-state index >= 15 is 0 Å². The number of aromatic nitrogens is 2. The fourth-order valence-electron chi connectivity index (χ4n) is 2.77. The van der Waals surface area contributed by atoms with Crippen LogP contribution in [0.1, 0.15) is 57.3 Å². The quantitative estimate of drug-likeness (QED) is 0.616. The van der Waals surface area contributed by atoms with E-state index in [2.05, 4.69) is 24.4 Å². The smallest absolute Gasteiger partial charge is 0.161 e. The molecule has 1 aliphatic heterocycles. The molecule has 6 heteroatoms. The maximum Gasteiger partial charge on any atom is 0.161 e. The maximum absolute atomic E-state index is 5.82. The summed E-state index contributed by atoms with van der Waals surface area (Å²) >= 11 is 0. The Balaban J connectivity index is 2.18. The first-order chi connectivity index (χ1) is 9.67. The third-order valence-electron chi connectivity index (χ3n) is 3.81. The number of ether oxygens (including phenoxy) is 2. The Morgan fingerprint density at radius 2 is 2.35 bits per heavy atom. The predicted octanol–water partition coefficient (Wildman–Crippen LogP) is 1.94. The maximum atomic E-state index is 5.82. The summed E-state index contributed by atoms with van der Waals surface area (Å²) in [7, 11) is 1.66. The molecule has 3 N–H and O–H groups in total. The van der Waals surface area contributed by atoms with E-state index in [4.69, 9.17) is 15.3 Å². The van der Waals surface area contributed by atoms with Gasteiger partial charge in [0.1, 0.15) is 0 Å². The summed E-state index contributed by atoms with van der Waals surface area (Å²) in [6, 6.07) is 0.245. The van der Waals surface area contributed by atoms with Gasteiger partial charge in [-0.05, 0) is 39.5 Å².